The Hall–Kier alpha value is -0.790. The number of unbranched alkanes of at least 4 members (excludes halogenated alkanes) is 12. The molecule has 0 rings (SSSR count). The van der Waals surface area contributed by atoms with Crippen molar-refractivity contribution in [3.8, 4) is 0 Å². The first-order valence-electron chi connectivity index (χ1n) is 9.12. The quantitative estimate of drug-likeness (QED) is 0.181. The second-order valence-corrected chi connectivity index (χ2v) is 5.90. The molecule has 2 nitrogen and oxygen atoms in total. The summed E-state index contributed by atoms with van der Waals surface area (Å²) in [6.07, 6.45) is 23.0. The molecule has 0 aliphatic rings. The number of carbonyl (C=O) groups is 1. The first-order valence-corrected chi connectivity index (χ1v) is 9.12. The van der Waals surface area contributed by atoms with Gasteiger partial charge in [0.1, 0.15) is 0 Å². The molecule has 0 bridgehead atoms. The van der Waals surface area contributed by atoms with E-state index in [0.29, 0.717) is 13.1 Å². The number of hydrogen-bond donors (Lipinski definition) is 0. The largest absolute Gasteiger partial charge is 0.468 e. The molecule has 0 aromatic carbocycles. The van der Waals surface area contributed by atoms with Crippen molar-refractivity contribution in [1.82, 2.24) is 0 Å². The van der Waals surface area contributed by atoms with Crippen molar-refractivity contribution in [3.05, 3.63) is 12.2 Å². The van der Waals surface area contributed by atoms with Crippen LogP contribution in [0.1, 0.15) is 96.8 Å². The van der Waals surface area contributed by atoms with E-state index in [4.69, 9.17) is 0 Å². The van der Waals surface area contributed by atoms with Crippen LogP contribution in [0.2, 0.25) is 0 Å². The predicted molar refractivity (Wildman–Crippen MR) is 91.5 cm³/mol. The van der Waals surface area contributed by atoms with Crippen LogP contribution in [0.4, 0.5) is 0 Å². The van der Waals surface area contributed by atoms with Crippen LogP contribution in [-0.2, 0) is 9.53 Å². The Kier molecular flexibility index (Phi) is 18.5. The average Bonchev–Trinajstić information content (AvgIpc) is 2.50. The lowest BCUT2D eigenvalue weighted by atomic mass is 10.1. The van der Waals surface area contributed by atoms with E-state index in [1.54, 1.807) is 0 Å². The lowest BCUT2D eigenvalue weighted by molar-refractivity contribution is -0.128. The molecule has 21 heavy (non-hydrogen) atoms. The maximum absolute atomic E-state index is 9.94. The van der Waals surface area contributed by atoms with Crippen molar-refractivity contribution in [2.24, 2.45) is 0 Å². The molecule has 0 N–H and O–H groups in total. The van der Waals surface area contributed by atoms with Crippen molar-refractivity contribution in [2.75, 3.05) is 6.61 Å². The molecular weight excluding hydrogens is 260 g/mol. The van der Waals surface area contributed by atoms with Crippen LogP contribution >= 0.6 is 0 Å². The zero-order valence-electron chi connectivity index (χ0n) is 14.2. The molecule has 0 radical (unpaired) electrons. The van der Waals surface area contributed by atoms with Gasteiger partial charge in [0.15, 0.2) is 0 Å². The summed E-state index contributed by atoms with van der Waals surface area (Å²) in [6.45, 7) is 3.40. The molecule has 0 aliphatic carbocycles. The summed E-state index contributed by atoms with van der Waals surface area (Å²) >= 11 is 0. The van der Waals surface area contributed by atoms with E-state index in [2.05, 4.69) is 23.8 Å². The molecule has 0 aromatic rings. The summed E-state index contributed by atoms with van der Waals surface area (Å²) in [5, 5.41) is 0. The van der Waals surface area contributed by atoms with Gasteiger partial charge in [0.2, 0.25) is 0 Å². The Morgan fingerprint density at radius 2 is 1.14 bits per heavy atom. The van der Waals surface area contributed by atoms with Gasteiger partial charge in [0.05, 0.1) is 6.61 Å². The van der Waals surface area contributed by atoms with E-state index in [1.807, 2.05) is 0 Å². The van der Waals surface area contributed by atoms with E-state index < -0.39 is 0 Å². The Labute approximate surface area is 132 Å². The number of rotatable bonds is 17. The summed E-state index contributed by atoms with van der Waals surface area (Å²) in [7, 11) is 0. The molecule has 2 heteroatoms. The Balaban J connectivity index is 3.03. The molecule has 0 heterocycles. The van der Waals surface area contributed by atoms with Gasteiger partial charge in [-0.3, -0.25) is 4.79 Å². The minimum atomic E-state index is 0.539. The van der Waals surface area contributed by atoms with Crippen LogP contribution in [0, 0.1) is 0 Å². The maximum atomic E-state index is 9.94. The van der Waals surface area contributed by atoms with Gasteiger partial charge in [-0.25, -0.2) is 0 Å². The highest BCUT2D eigenvalue weighted by molar-refractivity contribution is 5.36. The van der Waals surface area contributed by atoms with E-state index >= 15 is 0 Å². The Morgan fingerprint density at radius 1 is 0.667 bits per heavy atom. The SMILES string of the molecule is CCCCCCCCC=CCCCCCCCCOC=O. The highest BCUT2D eigenvalue weighted by Gasteiger charge is 1.91. The van der Waals surface area contributed by atoms with Crippen LogP contribution in [0.15, 0.2) is 12.2 Å². The second-order valence-electron chi connectivity index (χ2n) is 5.90. The Bertz CT molecular complexity index is 224. The molecule has 0 atom stereocenters. The first-order chi connectivity index (χ1) is 10.4. The molecule has 0 saturated heterocycles. The third kappa shape index (κ3) is 19.2. The van der Waals surface area contributed by atoms with Gasteiger partial charge in [0.25, 0.3) is 6.47 Å². The summed E-state index contributed by atoms with van der Waals surface area (Å²) in [4.78, 5) is 9.94. The van der Waals surface area contributed by atoms with Gasteiger partial charge in [-0.15, -0.1) is 0 Å². The molecule has 0 saturated carbocycles. The molecule has 0 aromatic heterocycles. The monoisotopic (exact) mass is 296 g/mol. The van der Waals surface area contributed by atoms with Gasteiger partial charge >= 0.3 is 0 Å². The van der Waals surface area contributed by atoms with Gasteiger partial charge in [-0.2, -0.15) is 0 Å². The molecule has 0 spiro atoms. The normalized spacial score (nSPS) is 11.1. The highest BCUT2D eigenvalue weighted by Crippen LogP contribution is 2.09. The number of allylic oxidation sites excluding steroid dienone is 2. The van der Waals surface area contributed by atoms with Gasteiger partial charge < -0.3 is 4.74 Å². The van der Waals surface area contributed by atoms with E-state index in [0.717, 1.165) is 6.42 Å². The standard InChI is InChI=1S/C19H36O2/c1-2-3-4-5-6-7-8-9-10-11-12-13-14-15-16-17-18-21-19-20/h9-10,19H,2-8,11-18H2,1H3. The molecule has 0 unspecified atom stereocenters. The summed E-state index contributed by atoms with van der Waals surface area (Å²) in [6, 6.07) is 0. The summed E-state index contributed by atoms with van der Waals surface area (Å²) in [5.41, 5.74) is 0. The van der Waals surface area contributed by atoms with Crippen LogP contribution in [0.25, 0.3) is 0 Å². The third-order valence-electron chi connectivity index (χ3n) is 3.84. The number of hydrogen-bond acceptors (Lipinski definition) is 2. The lowest BCUT2D eigenvalue weighted by Crippen LogP contribution is -1.91. The van der Waals surface area contributed by atoms with Crippen molar-refractivity contribution in [2.45, 2.75) is 96.8 Å². The molecule has 0 aliphatic heterocycles. The maximum Gasteiger partial charge on any atom is 0.293 e. The second kappa shape index (κ2) is 19.2. The van der Waals surface area contributed by atoms with E-state index in [-0.39, 0.29) is 0 Å². The zero-order chi connectivity index (χ0) is 15.4. The predicted octanol–water partition coefficient (Wildman–Crippen LogP) is 6.20. The van der Waals surface area contributed by atoms with Crippen molar-refractivity contribution in [1.29, 1.82) is 0 Å². The van der Waals surface area contributed by atoms with Crippen molar-refractivity contribution >= 4 is 6.47 Å². The van der Waals surface area contributed by atoms with Gasteiger partial charge in [-0.1, -0.05) is 76.9 Å². The minimum absolute atomic E-state index is 0.539. The highest BCUT2D eigenvalue weighted by atomic mass is 16.5. The summed E-state index contributed by atoms with van der Waals surface area (Å²) in [5.74, 6) is 0. The molecule has 0 amide bonds. The lowest BCUT2D eigenvalue weighted by Gasteiger charge is -2.00. The topological polar surface area (TPSA) is 26.3 Å². The molecule has 0 fully saturated rings. The average molecular weight is 296 g/mol. The van der Waals surface area contributed by atoms with Crippen molar-refractivity contribution in [3.63, 3.8) is 0 Å². The third-order valence-corrected chi connectivity index (χ3v) is 3.84. The van der Waals surface area contributed by atoms with Crippen LogP contribution in [-0.4, -0.2) is 13.1 Å². The fourth-order valence-corrected chi connectivity index (χ4v) is 2.48. The summed E-state index contributed by atoms with van der Waals surface area (Å²) < 4.78 is 4.66. The van der Waals surface area contributed by atoms with Crippen molar-refractivity contribution < 1.29 is 9.53 Å². The van der Waals surface area contributed by atoms with Crippen LogP contribution < -0.4 is 0 Å². The van der Waals surface area contributed by atoms with E-state index in [9.17, 15) is 4.79 Å². The number of carbonyl (C=O) groups excluding carboxylic acids is 1. The van der Waals surface area contributed by atoms with Crippen LogP contribution in [0.5, 0.6) is 0 Å². The minimum Gasteiger partial charge on any atom is -0.468 e. The molecule has 124 valence electrons. The fraction of sp³-hybridized carbons (Fsp3) is 0.842. The van der Waals surface area contributed by atoms with Gasteiger partial charge in [0, 0.05) is 0 Å². The molecular formula is C19H36O2. The van der Waals surface area contributed by atoms with E-state index in [1.165, 1.54) is 83.5 Å². The first kappa shape index (κ1) is 20.2. The fourth-order valence-electron chi connectivity index (χ4n) is 2.48. The zero-order valence-corrected chi connectivity index (χ0v) is 14.2. The van der Waals surface area contributed by atoms with Crippen LogP contribution in [0.3, 0.4) is 0 Å². The Morgan fingerprint density at radius 3 is 1.67 bits per heavy atom. The van der Waals surface area contributed by atoms with Gasteiger partial charge in [-0.05, 0) is 32.1 Å². The number of ether oxygens (including phenoxy) is 1. The smallest absolute Gasteiger partial charge is 0.293 e.